The zero-order valence-electron chi connectivity index (χ0n) is 12.3. The molecule has 1 aliphatic carbocycles. The van der Waals surface area contributed by atoms with E-state index in [-0.39, 0.29) is 5.91 Å². The zero-order valence-corrected chi connectivity index (χ0v) is 12.3. The molecule has 0 aromatic heterocycles. The van der Waals surface area contributed by atoms with Crippen LogP contribution in [0.3, 0.4) is 0 Å². The van der Waals surface area contributed by atoms with Crippen molar-refractivity contribution >= 4 is 11.6 Å². The summed E-state index contributed by atoms with van der Waals surface area (Å²) in [7, 11) is 0. The fourth-order valence-electron chi connectivity index (χ4n) is 3.03. The second-order valence-corrected chi connectivity index (χ2v) is 5.64. The number of anilines is 1. The minimum absolute atomic E-state index is 0.261. The molecule has 0 saturated heterocycles. The molecule has 1 aromatic carbocycles. The summed E-state index contributed by atoms with van der Waals surface area (Å²) in [6.07, 6.45) is 8.50. The van der Waals surface area contributed by atoms with Gasteiger partial charge >= 0.3 is 0 Å². The van der Waals surface area contributed by atoms with Gasteiger partial charge in [-0.2, -0.15) is 0 Å². The highest BCUT2D eigenvalue weighted by Crippen LogP contribution is 2.28. The summed E-state index contributed by atoms with van der Waals surface area (Å²) in [5.74, 6) is 0.261. The molecular weight excluding hydrogens is 248 g/mol. The maximum Gasteiger partial charge on any atom is 0.227 e. The van der Waals surface area contributed by atoms with Crippen LogP contribution in [0.2, 0.25) is 0 Å². The quantitative estimate of drug-likeness (QED) is 0.807. The monoisotopic (exact) mass is 274 g/mol. The molecule has 0 spiro atoms. The number of benzene rings is 1. The van der Waals surface area contributed by atoms with Crippen LogP contribution in [0.5, 0.6) is 0 Å². The highest BCUT2D eigenvalue weighted by atomic mass is 16.2. The van der Waals surface area contributed by atoms with E-state index in [1.54, 1.807) is 0 Å². The summed E-state index contributed by atoms with van der Waals surface area (Å²) >= 11 is 0. The highest BCUT2D eigenvalue weighted by molar-refractivity contribution is 5.93. The first-order valence-electron chi connectivity index (χ1n) is 7.90. The van der Waals surface area contributed by atoms with E-state index in [2.05, 4.69) is 17.0 Å². The lowest BCUT2D eigenvalue weighted by atomic mass is 9.93. The number of carbonyl (C=O) groups excluding carboxylic acids is 1. The van der Waals surface area contributed by atoms with E-state index in [4.69, 9.17) is 5.73 Å². The molecule has 3 heteroatoms. The molecule has 2 N–H and O–H groups in total. The van der Waals surface area contributed by atoms with Crippen molar-refractivity contribution in [1.29, 1.82) is 0 Å². The van der Waals surface area contributed by atoms with Crippen LogP contribution in [-0.2, 0) is 4.79 Å². The number of para-hydroxylation sites is 1. The molecule has 3 nitrogen and oxygen atoms in total. The van der Waals surface area contributed by atoms with Gasteiger partial charge in [-0.05, 0) is 44.4 Å². The lowest BCUT2D eigenvalue weighted by Gasteiger charge is -2.34. The second kappa shape index (κ2) is 8.05. The van der Waals surface area contributed by atoms with Crippen LogP contribution in [0.15, 0.2) is 30.3 Å². The third-order valence-corrected chi connectivity index (χ3v) is 4.09. The zero-order chi connectivity index (χ0) is 14.2. The number of unbranched alkanes of at least 4 members (excludes halogenated alkanes) is 1. The average Bonchev–Trinajstić information content (AvgIpc) is 2.50. The minimum atomic E-state index is 0.261. The van der Waals surface area contributed by atoms with Gasteiger partial charge in [0.2, 0.25) is 5.91 Å². The molecule has 110 valence electrons. The summed E-state index contributed by atoms with van der Waals surface area (Å²) in [5, 5.41) is 0. The number of amides is 1. The van der Waals surface area contributed by atoms with Gasteiger partial charge in [0.15, 0.2) is 0 Å². The van der Waals surface area contributed by atoms with Crippen LogP contribution >= 0.6 is 0 Å². The summed E-state index contributed by atoms with van der Waals surface area (Å²) in [6, 6.07) is 10.5. The molecule has 1 aliphatic rings. The normalized spacial score (nSPS) is 16.1. The third-order valence-electron chi connectivity index (χ3n) is 4.09. The van der Waals surface area contributed by atoms with Crippen LogP contribution in [0.25, 0.3) is 0 Å². The molecule has 0 unspecified atom stereocenters. The topological polar surface area (TPSA) is 46.3 Å². The molecule has 0 radical (unpaired) electrons. The smallest absolute Gasteiger partial charge is 0.227 e. The van der Waals surface area contributed by atoms with Crippen LogP contribution < -0.4 is 10.6 Å². The molecule has 20 heavy (non-hydrogen) atoms. The maximum atomic E-state index is 12.6. The Morgan fingerprint density at radius 3 is 2.45 bits per heavy atom. The lowest BCUT2D eigenvalue weighted by Crippen LogP contribution is -2.41. The maximum absolute atomic E-state index is 12.6. The van der Waals surface area contributed by atoms with Gasteiger partial charge in [0.05, 0.1) is 0 Å². The van der Waals surface area contributed by atoms with E-state index in [1.807, 2.05) is 18.2 Å². The SMILES string of the molecule is NCCCCC(=O)N(c1ccccc1)C1CCCCC1. The van der Waals surface area contributed by atoms with E-state index in [0.29, 0.717) is 19.0 Å². The van der Waals surface area contributed by atoms with Crippen molar-refractivity contribution in [3.8, 4) is 0 Å². The Labute approximate surface area is 122 Å². The van der Waals surface area contributed by atoms with Gasteiger partial charge in [0.1, 0.15) is 0 Å². The molecule has 1 fully saturated rings. The Balaban J connectivity index is 2.09. The van der Waals surface area contributed by atoms with E-state index in [1.165, 1.54) is 19.3 Å². The number of rotatable bonds is 6. The number of hydrogen-bond acceptors (Lipinski definition) is 2. The van der Waals surface area contributed by atoms with Gasteiger partial charge in [-0.25, -0.2) is 0 Å². The highest BCUT2D eigenvalue weighted by Gasteiger charge is 2.26. The van der Waals surface area contributed by atoms with Crippen LogP contribution in [-0.4, -0.2) is 18.5 Å². The Morgan fingerprint density at radius 2 is 1.80 bits per heavy atom. The Morgan fingerprint density at radius 1 is 1.10 bits per heavy atom. The van der Waals surface area contributed by atoms with Gasteiger partial charge in [-0.15, -0.1) is 0 Å². The number of nitrogens with zero attached hydrogens (tertiary/aromatic N) is 1. The van der Waals surface area contributed by atoms with Gasteiger partial charge < -0.3 is 10.6 Å². The first kappa shape index (κ1) is 15.0. The van der Waals surface area contributed by atoms with Crippen LogP contribution in [0, 0.1) is 0 Å². The van der Waals surface area contributed by atoms with E-state index < -0.39 is 0 Å². The summed E-state index contributed by atoms with van der Waals surface area (Å²) in [5.41, 5.74) is 6.57. The molecule has 0 aliphatic heterocycles. The van der Waals surface area contributed by atoms with Gasteiger partial charge in [0.25, 0.3) is 0 Å². The summed E-state index contributed by atoms with van der Waals surface area (Å²) in [4.78, 5) is 14.7. The second-order valence-electron chi connectivity index (χ2n) is 5.64. The average molecular weight is 274 g/mol. The van der Waals surface area contributed by atoms with E-state index in [9.17, 15) is 4.79 Å². The van der Waals surface area contributed by atoms with Gasteiger partial charge in [-0.3, -0.25) is 4.79 Å². The molecular formula is C17H26N2O. The lowest BCUT2D eigenvalue weighted by molar-refractivity contribution is -0.119. The van der Waals surface area contributed by atoms with Crippen molar-refractivity contribution in [1.82, 2.24) is 0 Å². The fraction of sp³-hybridized carbons (Fsp3) is 0.588. The van der Waals surface area contributed by atoms with Crippen LogP contribution in [0.1, 0.15) is 51.4 Å². The number of hydrogen-bond donors (Lipinski definition) is 1. The van der Waals surface area contributed by atoms with Gasteiger partial charge in [-0.1, -0.05) is 37.5 Å². The largest absolute Gasteiger partial charge is 0.330 e. The fourth-order valence-corrected chi connectivity index (χ4v) is 3.03. The van der Waals surface area contributed by atoms with Crippen LogP contribution in [0.4, 0.5) is 5.69 Å². The first-order chi connectivity index (χ1) is 9.83. The minimum Gasteiger partial charge on any atom is -0.330 e. The molecule has 0 atom stereocenters. The van der Waals surface area contributed by atoms with Crippen molar-refractivity contribution in [3.05, 3.63) is 30.3 Å². The predicted molar refractivity (Wildman–Crippen MR) is 83.7 cm³/mol. The molecule has 0 bridgehead atoms. The number of nitrogens with two attached hydrogens (primary N) is 1. The molecule has 2 rings (SSSR count). The van der Waals surface area contributed by atoms with Crippen molar-refractivity contribution in [2.24, 2.45) is 5.73 Å². The summed E-state index contributed by atoms with van der Waals surface area (Å²) < 4.78 is 0. The van der Waals surface area contributed by atoms with E-state index in [0.717, 1.165) is 31.4 Å². The van der Waals surface area contributed by atoms with Crippen molar-refractivity contribution in [2.45, 2.75) is 57.4 Å². The molecule has 0 heterocycles. The molecule has 1 amide bonds. The van der Waals surface area contributed by atoms with Gasteiger partial charge in [0, 0.05) is 18.2 Å². The summed E-state index contributed by atoms with van der Waals surface area (Å²) in [6.45, 7) is 0.669. The molecule has 1 saturated carbocycles. The van der Waals surface area contributed by atoms with E-state index >= 15 is 0 Å². The third kappa shape index (κ3) is 4.07. The Bertz CT molecular complexity index is 399. The number of carbonyl (C=O) groups is 1. The Kier molecular flexibility index (Phi) is 6.06. The Hall–Kier alpha value is -1.35. The van der Waals surface area contributed by atoms with Crippen molar-refractivity contribution in [3.63, 3.8) is 0 Å². The molecule has 1 aromatic rings. The van der Waals surface area contributed by atoms with Crippen molar-refractivity contribution in [2.75, 3.05) is 11.4 Å². The first-order valence-corrected chi connectivity index (χ1v) is 7.90. The van der Waals surface area contributed by atoms with Crippen molar-refractivity contribution < 1.29 is 4.79 Å². The predicted octanol–water partition coefficient (Wildman–Crippen LogP) is 3.48. The standard InChI is InChI=1S/C17H26N2O/c18-14-8-7-13-17(20)19(15-9-3-1-4-10-15)16-11-5-2-6-12-16/h1,3-4,9-10,16H,2,5-8,11-14,18H2.